The zero-order valence-electron chi connectivity index (χ0n) is 5.38. The molecule has 0 aromatic heterocycles. The van der Waals surface area contributed by atoms with Crippen molar-refractivity contribution in [1.82, 2.24) is 0 Å². The van der Waals surface area contributed by atoms with E-state index in [0.29, 0.717) is 4.67 Å². The number of rotatable bonds is 2. The zero-order chi connectivity index (χ0) is 7.40. The standard InChI is InChI=1S/C8H7BrO/c1-7(9)10-8-5-3-2-4-6-8/h2-6H,1H2. The van der Waals surface area contributed by atoms with Crippen LogP contribution in [0.2, 0.25) is 0 Å². The molecule has 2 heteroatoms. The molecule has 0 amide bonds. The maximum atomic E-state index is 5.14. The molecule has 1 aromatic rings. The van der Waals surface area contributed by atoms with E-state index in [0.717, 1.165) is 5.75 Å². The van der Waals surface area contributed by atoms with Crippen molar-refractivity contribution in [2.24, 2.45) is 0 Å². The van der Waals surface area contributed by atoms with Gasteiger partial charge in [-0.05, 0) is 34.6 Å². The average Bonchev–Trinajstić information content (AvgIpc) is 1.88. The van der Waals surface area contributed by atoms with Crippen molar-refractivity contribution in [3.05, 3.63) is 41.6 Å². The molecule has 0 bridgehead atoms. The highest BCUT2D eigenvalue weighted by Crippen LogP contribution is 2.14. The summed E-state index contributed by atoms with van der Waals surface area (Å²) in [5.41, 5.74) is 0. The smallest absolute Gasteiger partial charge is 0.162 e. The quantitative estimate of drug-likeness (QED) is 0.665. The van der Waals surface area contributed by atoms with Crippen LogP contribution in [0.5, 0.6) is 5.75 Å². The van der Waals surface area contributed by atoms with Gasteiger partial charge in [-0.2, -0.15) is 0 Å². The largest absolute Gasteiger partial charge is 0.451 e. The third-order valence-electron chi connectivity index (χ3n) is 0.972. The molecule has 1 nitrogen and oxygen atoms in total. The Hall–Kier alpha value is -0.760. The van der Waals surface area contributed by atoms with Gasteiger partial charge in [0, 0.05) is 0 Å². The summed E-state index contributed by atoms with van der Waals surface area (Å²) in [6.45, 7) is 3.54. The molecule has 0 heterocycles. The van der Waals surface area contributed by atoms with E-state index in [1.54, 1.807) is 0 Å². The number of para-hydroxylation sites is 1. The lowest BCUT2D eigenvalue weighted by molar-refractivity contribution is 0.472. The summed E-state index contributed by atoms with van der Waals surface area (Å²) in [6, 6.07) is 9.49. The first-order valence-corrected chi connectivity index (χ1v) is 3.65. The van der Waals surface area contributed by atoms with Crippen LogP contribution in [0.3, 0.4) is 0 Å². The minimum absolute atomic E-state index is 0.527. The number of hydrogen-bond donors (Lipinski definition) is 0. The van der Waals surface area contributed by atoms with Crippen LogP contribution in [0.15, 0.2) is 41.6 Å². The minimum atomic E-state index is 0.527. The predicted octanol–water partition coefficient (Wildman–Crippen LogP) is 2.93. The SMILES string of the molecule is C=C(Br)Oc1ccccc1. The van der Waals surface area contributed by atoms with E-state index in [1.165, 1.54) is 0 Å². The molecular weight excluding hydrogens is 192 g/mol. The summed E-state index contributed by atoms with van der Waals surface area (Å²) in [5, 5.41) is 0. The van der Waals surface area contributed by atoms with Gasteiger partial charge in [0.25, 0.3) is 0 Å². The molecule has 0 saturated heterocycles. The second-order valence-corrected chi connectivity index (χ2v) is 2.65. The van der Waals surface area contributed by atoms with Gasteiger partial charge in [-0.1, -0.05) is 18.2 Å². The summed E-state index contributed by atoms with van der Waals surface area (Å²) < 4.78 is 5.66. The zero-order valence-corrected chi connectivity index (χ0v) is 6.97. The predicted molar refractivity (Wildman–Crippen MR) is 45.1 cm³/mol. The summed E-state index contributed by atoms with van der Waals surface area (Å²) in [5.74, 6) is 0.796. The van der Waals surface area contributed by atoms with E-state index >= 15 is 0 Å². The van der Waals surface area contributed by atoms with Crippen LogP contribution in [-0.2, 0) is 0 Å². The van der Waals surface area contributed by atoms with E-state index in [2.05, 4.69) is 22.5 Å². The van der Waals surface area contributed by atoms with Crippen LogP contribution in [-0.4, -0.2) is 0 Å². The molecular formula is C8H7BrO. The molecule has 0 unspecified atom stereocenters. The Morgan fingerprint density at radius 3 is 2.40 bits per heavy atom. The molecule has 0 aliphatic rings. The van der Waals surface area contributed by atoms with Crippen LogP contribution in [0.1, 0.15) is 0 Å². The Morgan fingerprint density at radius 1 is 1.30 bits per heavy atom. The molecule has 0 aliphatic carbocycles. The van der Waals surface area contributed by atoms with Crippen LogP contribution in [0.4, 0.5) is 0 Å². The van der Waals surface area contributed by atoms with Crippen LogP contribution in [0.25, 0.3) is 0 Å². The maximum absolute atomic E-state index is 5.14. The van der Waals surface area contributed by atoms with Gasteiger partial charge >= 0.3 is 0 Å². The van der Waals surface area contributed by atoms with Crippen LogP contribution in [0, 0.1) is 0 Å². The molecule has 1 aromatic carbocycles. The minimum Gasteiger partial charge on any atom is -0.451 e. The first-order chi connectivity index (χ1) is 4.79. The monoisotopic (exact) mass is 198 g/mol. The fraction of sp³-hybridized carbons (Fsp3) is 0. The van der Waals surface area contributed by atoms with Crippen molar-refractivity contribution in [3.8, 4) is 5.75 Å². The molecule has 0 N–H and O–H groups in total. The van der Waals surface area contributed by atoms with Gasteiger partial charge in [-0.25, -0.2) is 0 Å². The van der Waals surface area contributed by atoms with Crippen molar-refractivity contribution in [3.63, 3.8) is 0 Å². The van der Waals surface area contributed by atoms with Gasteiger partial charge in [0.2, 0.25) is 0 Å². The third-order valence-corrected chi connectivity index (χ3v) is 1.13. The van der Waals surface area contributed by atoms with E-state index in [9.17, 15) is 0 Å². The molecule has 0 spiro atoms. The summed E-state index contributed by atoms with van der Waals surface area (Å²) in [4.78, 5) is 0. The third kappa shape index (κ3) is 2.23. The van der Waals surface area contributed by atoms with Crippen molar-refractivity contribution < 1.29 is 4.74 Å². The Kier molecular flexibility index (Phi) is 2.51. The summed E-state index contributed by atoms with van der Waals surface area (Å²) in [7, 11) is 0. The Bertz CT molecular complexity index is 218. The highest BCUT2D eigenvalue weighted by molar-refractivity contribution is 9.11. The Labute approximate surface area is 68.5 Å². The summed E-state index contributed by atoms with van der Waals surface area (Å²) in [6.07, 6.45) is 0. The van der Waals surface area contributed by atoms with Gasteiger partial charge < -0.3 is 4.74 Å². The number of halogens is 1. The van der Waals surface area contributed by atoms with E-state index in [-0.39, 0.29) is 0 Å². The van der Waals surface area contributed by atoms with Crippen molar-refractivity contribution in [1.29, 1.82) is 0 Å². The number of benzene rings is 1. The number of ether oxygens (including phenoxy) is 1. The lowest BCUT2D eigenvalue weighted by atomic mass is 10.3. The molecule has 0 saturated carbocycles. The second kappa shape index (κ2) is 3.42. The maximum Gasteiger partial charge on any atom is 0.162 e. The van der Waals surface area contributed by atoms with Crippen LogP contribution >= 0.6 is 15.9 Å². The Balaban J connectivity index is 2.67. The summed E-state index contributed by atoms with van der Waals surface area (Å²) >= 11 is 3.09. The van der Waals surface area contributed by atoms with Crippen molar-refractivity contribution in [2.45, 2.75) is 0 Å². The van der Waals surface area contributed by atoms with Crippen molar-refractivity contribution in [2.75, 3.05) is 0 Å². The normalized spacial score (nSPS) is 8.90. The molecule has 0 radical (unpaired) electrons. The molecule has 1 rings (SSSR count). The molecule has 0 aliphatic heterocycles. The fourth-order valence-corrected chi connectivity index (χ4v) is 0.803. The van der Waals surface area contributed by atoms with E-state index < -0.39 is 0 Å². The molecule has 0 fully saturated rings. The van der Waals surface area contributed by atoms with Crippen molar-refractivity contribution >= 4 is 15.9 Å². The fourth-order valence-electron chi connectivity index (χ4n) is 0.616. The average molecular weight is 199 g/mol. The van der Waals surface area contributed by atoms with Gasteiger partial charge in [-0.15, -0.1) is 0 Å². The van der Waals surface area contributed by atoms with Gasteiger partial charge in [0.05, 0.1) is 0 Å². The highest BCUT2D eigenvalue weighted by atomic mass is 79.9. The first-order valence-electron chi connectivity index (χ1n) is 2.86. The topological polar surface area (TPSA) is 9.23 Å². The lowest BCUT2D eigenvalue weighted by Crippen LogP contribution is -1.83. The van der Waals surface area contributed by atoms with E-state index in [4.69, 9.17) is 4.74 Å². The molecule has 52 valence electrons. The van der Waals surface area contributed by atoms with Crippen LogP contribution < -0.4 is 4.74 Å². The lowest BCUT2D eigenvalue weighted by Gasteiger charge is -2.00. The Morgan fingerprint density at radius 2 is 1.90 bits per heavy atom. The highest BCUT2D eigenvalue weighted by Gasteiger charge is 1.89. The second-order valence-electron chi connectivity index (χ2n) is 1.77. The molecule has 0 atom stereocenters. The number of hydrogen-bond acceptors (Lipinski definition) is 1. The van der Waals surface area contributed by atoms with Gasteiger partial charge in [0.1, 0.15) is 5.75 Å². The first kappa shape index (κ1) is 7.35. The van der Waals surface area contributed by atoms with Gasteiger partial charge in [-0.3, -0.25) is 0 Å². The molecule has 10 heavy (non-hydrogen) atoms. The van der Waals surface area contributed by atoms with Gasteiger partial charge in [0.15, 0.2) is 4.67 Å². The van der Waals surface area contributed by atoms with E-state index in [1.807, 2.05) is 30.3 Å².